The van der Waals surface area contributed by atoms with Crippen LogP contribution in [0.4, 0.5) is 0 Å². The van der Waals surface area contributed by atoms with Crippen molar-refractivity contribution >= 4 is 5.97 Å². The predicted molar refractivity (Wildman–Crippen MR) is 79.5 cm³/mol. The van der Waals surface area contributed by atoms with Crippen LogP contribution in [-0.2, 0) is 15.1 Å². The molecule has 0 bridgehead atoms. The summed E-state index contributed by atoms with van der Waals surface area (Å²) in [7, 11) is 2.22. The number of hydrogen-bond acceptors (Lipinski definition) is 2. The number of carbonyl (C=O) groups is 1. The minimum absolute atomic E-state index is 0.0909. The summed E-state index contributed by atoms with van der Waals surface area (Å²) in [5.41, 5.74) is 0.726. The van der Waals surface area contributed by atoms with Gasteiger partial charge in [-0.15, -0.1) is 0 Å². The maximum atomic E-state index is 12.0. The molecule has 0 radical (unpaired) electrons. The van der Waals surface area contributed by atoms with Gasteiger partial charge in [-0.05, 0) is 12.0 Å². The molecule has 3 heteroatoms. The molecule has 0 aromatic heterocycles. The molecule has 1 aromatic rings. The van der Waals surface area contributed by atoms with Gasteiger partial charge in [-0.1, -0.05) is 44.2 Å². The summed E-state index contributed by atoms with van der Waals surface area (Å²) in [4.78, 5) is 13.5. The van der Waals surface area contributed by atoms with Crippen LogP contribution in [0, 0.1) is 5.92 Å². The molecular formula is C17H26NO2+. The topological polar surface area (TPSA) is 30.7 Å². The number of benzene rings is 1. The second-order valence-corrected chi connectivity index (χ2v) is 5.85. The Balaban J connectivity index is 2.40. The Morgan fingerprint density at radius 1 is 1.35 bits per heavy atom. The summed E-state index contributed by atoms with van der Waals surface area (Å²) in [5.74, 6) is 0.293. The number of likely N-dealkylation sites (tertiary alicyclic amines) is 1. The zero-order valence-corrected chi connectivity index (χ0v) is 12.8. The van der Waals surface area contributed by atoms with Crippen molar-refractivity contribution in [1.29, 1.82) is 0 Å². The Morgan fingerprint density at radius 3 is 2.65 bits per heavy atom. The molecule has 1 fully saturated rings. The fourth-order valence-electron chi connectivity index (χ4n) is 3.33. The summed E-state index contributed by atoms with van der Waals surface area (Å²) in [6.07, 6.45) is 2.38. The number of rotatable bonds is 4. The lowest BCUT2D eigenvalue weighted by Crippen LogP contribution is -3.11. The zero-order valence-electron chi connectivity index (χ0n) is 12.8. The quantitative estimate of drug-likeness (QED) is 0.850. The molecule has 1 aliphatic heterocycles. The van der Waals surface area contributed by atoms with Crippen LogP contribution in [-0.4, -0.2) is 26.1 Å². The van der Waals surface area contributed by atoms with E-state index in [4.69, 9.17) is 4.74 Å². The fourth-order valence-corrected chi connectivity index (χ4v) is 3.33. The summed E-state index contributed by atoms with van der Waals surface area (Å²) >= 11 is 0. The molecule has 1 aromatic carbocycles. The van der Waals surface area contributed by atoms with Gasteiger partial charge in [0.2, 0.25) is 0 Å². The van der Waals surface area contributed by atoms with Crippen molar-refractivity contribution < 1.29 is 14.4 Å². The molecule has 3 atom stereocenters. The van der Waals surface area contributed by atoms with E-state index in [1.54, 1.807) is 0 Å². The molecule has 1 N–H and O–H groups in total. The van der Waals surface area contributed by atoms with Gasteiger partial charge < -0.3 is 9.64 Å². The van der Waals surface area contributed by atoms with Crippen molar-refractivity contribution in [2.45, 2.75) is 38.7 Å². The van der Waals surface area contributed by atoms with E-state index in [1.807, 2.05) is 25.1 Å². The minimum atomic E-state index is -0.428. The van der Waals surface area contributed by atoms with Crippen molar-refractivity contribution in [2.24, 2.45) is 5.92 Å². The van der Waals surface area contributed by atoms with Gasteiger partial charge in [0.15, 0.2) is 5.60 Å². The lowest BCUT2D eigenvalue weighted by molar-refractivity contribution is -0.892. The van der Waals surface area contributed by atoms with Crippen molar-refractivity contribution in [3.05, 3.63) is 35.9 Å². The third kappa shape index (κ3) is 2.88. The standard InChI is InChI=1S/C17H25NO2/c1-4-14-13-18(3)12-11-17(14,20-16(19)5-2)15-9-7-6-8-10-15/h6-10,14H,4-5,11-13H2,1-3H3/p+1/t14-,17-/m1/s1. The average Bonchev–Trinajstić information content (AvgIpc) is 2.49. The molecule has 110 valence electrons. The molecule has 0 amide bonds. The third-order valence-electron chi connectivity index (χ3n) is 4.52. The Morgan fingerprint density at radius 2 is 2.05 bits per heavy atom. The lowest BCUT2D eigenvalue weighted by Gasteiger charge is -2.44. The number of quaternary nitrogens is 1. The van der Waals surface area contributed by atoms with Crippen molar-refractivity contribution in [3.63, 3.8) is 0 Å². The summed E-state index contributed by atoms with van der Waals surface area (Å²) in [6, 6.07) is 10.3. The molecule has 0 spiro atoms. The van der Waals surface area contributed by atoms with E-state index >= 15 is 0 Å². The van der Waals surface area contributed by atoms with Gasteiger partial charge in [0.1, 0.15) is 0 Å². The summed E-state index contributed by atoms with van der Waals surface area (Å²) in [5, 5.41) is 0. The van der Waals surface area contributed by atoms with Crippen LogP contribution in [0.3, 0.4) is 0 Å². The van der Waals surface area contributed by atoms with E-state index in [0.29, 0.717) is 12.3 Å². The lowest BCUT2D eigenvalue weighted by atomic mass is 9.74. The van der Waals surface area contributed by atoms with Gasteiger partial charge >= 0.3 is 5.97 Å². The number of esters is 1. The maximum absolute atomic E-state index is 12.0. The highest BCUT2D eigenvalue weighted by molar-refractivity contribution is 5.69. The number of carbonyl (C=O) groups excluding carboxylic acids is 1. The second-order valence-electron chi connectivity index (χ2n) is 5.85. The molecular weight excluding hydrogens is 250 g/mol. The van der Waals surface area contributed by atoms with Gasteiger partial charge in [0, 0.05) is 12.8 Å². The molecule has 1 saturated heterocycles. The maximum Gasteiger partial charge on any atom is 0.306 e. The second kappa shape index (κ2) is 6.40. The van der Waals surface area contributed by atoms with Crippen LogP contribution in [0.5, 0.6) is 0 Å². The Kier molecular flexibility index (Phi) is 4.81. The normalized spacial score (nSPS) is 29.9. The van der Waals surface area contributed by atoms with E-state index < -0.39 is 5.60 Å². The van der Waals surface area contributed by atoms with E-state index in [0.717, 1.165) is 31.5 Å². The Labute approximate surface area is 121 Å². The van der Waals surface area contributed by atoms with E-state index in [9.17, 15) is 4.79 Å². The molecule has 20 heavy (non-hydrogen) atoms. The van der Waals surface area contributed by atoms with Crippen LogP contribution in [0.15, 0.2) is 30.3 Å². The predicted octanol–water partition coefficient (Wildman–Crippen LogP) is 1.78. The van der Waals surface area contributed by atoms with Gasteiger partial charge in [0.05, 0.1) is 26.1 Å². The van der Waals surface area contributed by atoms with Crippen molar-refractivity contribution in [3.8, 4) is 0 Å². The minimum Gasteiger partial charge on any atom is -0.453 e. The zero-order chi connectivity index (χ0) is 14.6. The monoisotopic (exact) mass is 276 g/mol. The first-order chi connectivity index (χ1) is 9.62. The first-order valence-corrected chi connectivity index (χ1v) is 7.71. The van der Waals surface area contributed by atoms with Gasteiger partial charge in [-0.3, -0.25) is 4.79 Å². The van der Waals surface area contributed by atoms with Crippen LogP contribution in [0.25, 0.3) is 0 Å². The smallest absolute Gasteiger partial charge is 0.306 e. The molecule has 3 nitrogen and oxygen atoms in total. The SMILES string of the molecule is CCC(=O)O[C@]1(c2ccccc2)CC[NH+](C)C[C@H]1CC. The summed E-state index contributed by atoms with van der Waals surface area (Å²) < 4.78 is 6.01. The van der Waals surface area contributed by atoms with E-state index in [1.165, 1.54) is 4.90 Å². The van der Waals surface area contributed by atoms with Gasteiger partial charge in [-0.25, -0.2) is 0 Å². The highest BCUT2D eigenvalue weighted by Crippen LogP contribution is 2.40. The molecule has 2 rings (SSSR count). The van der Waals surface area contributed by atoms with Gasteiger partial charge in [0.25, 0.3) is 0 Å². The Hall–Kier alpha value is -1.35. The number of piperidine rings is 1. The molecule has 1 heterocycles. The molecule has 1 unspecified atom stereocenters. The number of ether oxygens (including phenoxy) is 1. The molecule has 0 saturated carbocycles. The fraction of sp³-hybridized carbons (Fsp3) is 0.588. The first-order valence-electron chi connectivity index (χ1n) is 7.71. The van der Waals surface area contributed by atoms with Crippen LogP contribution in [0.2, 0.25) is 0 Å². The first kappa shape index (κ1) is 15.0. The highest BCUT2D eigenvalue weighted by Gasteiger charge is 2.47. The largest absolute Gasteiger partial charge is 0.453 e. The van der Waals surface area contributed by atoms with E-state index in [-0.39, 0.29) is 5.97 Å². The highest BCUT2D eigenvalue weighted by atomic mass is 16.6. The van der Waals surface area contributed by atoms with Crippen LogP contribution >= 0.6 is 0 Å². The van der Waals surface area contributed by atoms with Crippen molar-refractivity contribution in [1.82, 2.24) is 0 Å². The third-order valence-corrected chi connectivity index (χ3v) is 4.52. The summed E-state index contributed by atoms with van der Waals surface area (Å²) in [6.45, 7) is 6.16. The molecule has 1 aliphatic rings. The van der Waals surface area contributed by atoms with E-state index in [2.05, 4.69) is 26.1 Å². The number of hydrogen-bond donors (Lipinski definition) is 1. The molecule has 0 aliphatic carbocycles. The average molecular weight is 276 g/mol. The van der Waals surface area contributed by atoms with Crippen LogP contribution < -0.4 is 4.90 Å². The Bertz CT molecular complexity index is 446. The number of nitrogens with one attached hydrogen (secondary N) is 1. The van der Waals surface area contributed by atoms with Gasteiger partial charge in [-0.2, -0.15) is 0 Å². The van der Waals surface area contributed by atoms with Crippen LogP contribution in [0.1, 0.15) is 38.7 Å². The van der Waals surface area contributed by atoms with Crippen molar-refractivity contribution in [2.75, 3.05) is 20.1 Å².